The maximum atomic E-state index is 12.7. The fourth-order valence-electron chi connectivity index (χ4n) is 3.38. The lowest BCUT2D eigenvalue weighted by atomic mass is 10.0. The average Bonchev–Trinajstić information content (AvgIpc) is 3.15. The van der Waals surface area contributed by atoms with Gasteiger partial charge in [0.25, 0.3) is 0 Å². The minimum absolute atomic E-state index is 0.262. The summed E-state index contributed by atoms with van der Waals surface area (Å²) >= 11 is 0. The molecule has 1 aromatic rings. The van der Waals surface area contributed by atoms with Crippen molar-refractivity contribution in [2.45, 2.75) is 57.7 Å². The Hall–Kier alpha value is -2.41. The number of carbonyl (C=O) groups excluding carboxylic acids is 2. The smallest absolute Gasteiger partial charge is 0.326 e. The second-order valence-electron chi connectivity index (χ2n) is 6.75. The molecule has 0 saturated carbocycles. The van der Waals surface area contributed by atoms with Crippen LogP contribution in [0.15, 0.2) is 30.3 Å². The zero-order valence-electron chi connectivity index (χ0n) is 15.9. The number of benzene rings is 1. The SMILES string of the molecule is CCOC(=O)C(CCc1ccccc1)N[C@@H](C)C(=O)N1CCC[C@H]1C(=O)O. The van der Waals surface area contributed by atoms with Crippen LogP contribution in [0.25, 0.3) is 0 Å². The Balaban J connectivity index is 2.01. The molecular weight excluding hydrogens is 348 g/mol. The molecule has 0 aromatic heterocycles. The summed E-state index contributed by atoms with van der Waals surface area (Å²) in [6, 6.07) is 7.69. The molecule has 0 bridgehead atoms. The van der Waals surface area contributed by atoms with E-state index in [1.165, 1.54) is 4.90 Å². The minimum atomic E-state index is -0.987. The van der Waals surface area contributed by atoms with Crippen LogP contribution in [0, 0.1) is 0 Å². The summed E-state index contributed by atoms with van der Waals surface area (Å²) < 4.78 is 5.14. The van der Waals surface area contributed by atoms with E-state index in [4.69, 9.17) is 4.74 Å². The molecule has 27 heavy (non-hydrogen) atoms. The first kappa shape index (κ1) is 20.9. The lowest BCUT2D eigenvalue weighted by Gasteiger charge is -2.27. The molecule has 0 aliphatic carbocycles. The van der Waals surface area contributed by atoms with Crippen LogP contribution in [0.4, 0.5) is 0 Å². The van der Waals surface area contributed by atoms with Gasteiger partial charge in [0.2, 0.25) is 5.91 Å². The first-order valence-electron chi connectivity index (χ1n) is 9.44. The fraction of sp³-hybridized carbons (Fsp3) is 0.550. The third kappa shape index (κ3) is 5.79. The number of carboxylic acids is 1. The van der Waals surface area contributed by atoms with E-state index >= 15 is 0 Å². The van der Waals surface area contributed by atoms with Gasteiger partial charge in [0, 0.05) is 6.54 Å². The number of carboxylic acid groups (broad SMARTS) is 1. The third-order valence-electron chi connectivity index (χ3n) is 4.78. The minimum Gasteiger partial charge on any atom is -0.480 e. The van der Waals surface area contributed by atoms with E-state index in [1.807, 2.05) is 30.3 Å². The molecular formula is C20H28N2O5. The van der Waals surface area contributed by atoms with E-state index in [0.29, 0.717) is 32.2 Å². The van der Waals surface area contributed by atoms with Crippen LogP contribution < -0.4 is 5.32 Å². The predicted molar refractivity (Wildman–Crippen MR) is 100 cm³/mol. The number of nitrogens with one attached hydrogen (secondary N) is 1. The second kappa shape index (κ2) is 10.1. The van der Waals surface area contributed by atoms with Crippen molar-refractivity contribution in [3.05, 3.63) is 35.9 Å². The van der Waals surface area contributed by atoms with Gasteiger partial charge in [-0.15, -0.1) is 0 Å². The lowest BCUT2D eigenvalue weighted by Crippen LogP contribution is -2.53. The molecule has 1 amide bonds. The molecule has 1 aromatic carbocycles. The van der Waals surface area contributed by atoms with Crippen molar-refractivity contribution in [2.75, 3.05) is 13.2 Å². The van der Waals surface area contributed by atoms with Crippen molar-refractivity contribution >= 4 is 17.8 Å². The van der Waals surface area contributed by atoms with Crippen molar-refractivity contribution in [1.82, 2.24) is 10.2 Å². The highest BCUT2D eigenvalue weighted by Gasteiger charge is 2.36. The van der Waals surface area contributed by atoms with Gasteiger partial charge in [-0.05, 0) is 45.1 Å². The number of aliphatic carboxylic acids is 1. The summed E-state index contributed by atoms with van der Waals surface area (Å²) in [5.74, 6) is -1.68. The van der Waals surface area contributed by atoms with Gasteiger partial charge in [-0.25, -0.2) is 4.79 Å². The molecule has 2 N–H and O–H groups in total. The Labute approximate surface area is 159 Å². The van der Waals surface area contributed by atoms with Crippen molar-refractivity contribution in [1.29, 1.82) is 0 Å². The second-order valence-corrected chi connectivity index (χ2v) is 6.75. The summed E-state index contributed by atoms with van der Waals surface area (Å²) in [5.41, 5.74) is 1.10. The van der Waals surface area contributed by atoms with Crippen LogP contribution in [0.2, 0.25) is 0 Å². The molecule has 0 radical (unpaired) electrons. The molecule has 1 fully saturated rings. The molecule has 1 saturated heterocycles. The zero-order valence-corrected chi connectivity index (χ0v) is 15.9. The number of rotatable bonds is 9. The Morgan fingerprint density at radius 3 is 2.63 bits per heavy atom. The summed E-state index contributed by atoms with van der Waals surface area (Å²) in [4.78, 5) is 37.7. The van der Waals surface area contributed by atoms with Crippen LogP contribution >= 0.6 is 0 Å². The number of nitrogens with zero attached hydrogens (tertiary/aromatic N) is 1. The lowest BCUT2D eigenvalue weighted by molar-refractivity contribution is -0.150. The van der Waals surface area contributed by atoms with Gasteiger partial charge in [0.1, 0.15) is 12.1 Å². The zero-order chi connectivity index (χ0) is 19.8. The van der Waals surface area contributed by atoms with Crippen molar-refractivity contribution in [3.8, 4) is 0 Å². The fourth-order valence-corrected chi connectivity index (χ4v) is 3.38. The van der Waals surface area contributed by atoms with Gasteiger partial charge < -0.3 is 14.7 Å². The molecule has 148 valence electrons. The summed E-state index contributed by atoms with van der Waals surface area (Å²) in [5, 5.41) is 12.3. The van der Waals surface area contributed by atoms with E-state index in [-0.39, 0.29) is 12.5 Å². The molecule has 7 nitrogen and oxygen atoms in total. The highest BCUT2D eigenvalue weighted by Crippen LogP contribution is 2.19. The predicted octanol–water partition coefficient (Wildman–Crippen LogP) is 1.60. The Kier molecular flexibility index (Phi) is 7.79. The third-order valence-corrected chi connectivity index (χ3v) is 4.78. The molecule has 0 spiro atoms. The monoisotopic (exact) mass is 376 g/mol. The Bertz CT molecular complexity index is 649. The number of ether oxygens (including phenoxy) is 1. The van der Waals surface area contributed by atoms with Gasteiger partial charge in [-0.3, -0.25) is 14.9 Å². The van der Waals surface area contributed by atoms with Gasteiger partial charge in [-0.1, -0.05) is 30.3 Å². The number of likely N-dealkylation sites (tertiary alicyclic amines) is 1. The molecule has 2 rings (SSSR count). The number of hydrogen-bond donors (Lipinski definition) is 2. The molecule has 1 heterocycles. The van der Waals surface area contributed by atoms with Crippen LogP contribution in [-0.4, -0.2) is 59.1 Å². The maximum Gasteiger partial charge on any atom is 0.326 e. The number of hydrogen-bond acceptors (Lipinski definition) is 5. The molecule has 3 atom stereocenters. The quantitative estimate of drug-likeness (QED) is 0.636. The van der Waals surface area contributed by atoms with Crippen LogP contribution in [-0.2, 0) is 25.5 Å². The highest BCUT2D eigenvalue weighted by molar-refractivity contribution is 5.88. The summed E-state index contributed by atoms with van der Waals surface area (Å²) in [7, 11) is 0. The molecule has 7 heteroatoms. The van der Waals surface area contributed by atoms with Crippen LogP contribution in [0.1, 0.15) is 38.7 Å². The number of carbonyl (C=O) groups is 3. The van der Waals surface area contributed by atoms with Gasteiger partial charge >= 0.3 is 11.9 Å². The summed E-state index contributed by atoms with van der Waals surface area (Å²) in [6.45, 7) is 4.09. The number of amides is 1. The molecule has 1 aliphatic heterocycles. The Morgan fingerprint density at radius 1 is 1.30 bits per heavy atom. The normalized spacial score (nSPS) is 18.7. The molecule has 1 unspecified atom stereocenters. The highest BCUT2D eigenvalue weighted by atomic mass is 16.5. The van der Waals surface area contributed by atoms with Crippen LogP contribution in [0.3, 0.4) is 0 Å². The number of aryl methyl sites for hydroxylation is 1. The van der Waals surface area contributed by atoms with E-state index in [1.54, 1.807) is 13.8 Å². The van der Waals surface area contributed by atoms with Gasteiger partial charge in [0.15, 0.2) is 0 Å². The standard InChI is InChI=1S/C20H28N2O5/c1-3-27-20(26)16(12-11-15-8-5-4-6-9-15)21-14(2)18(23)22-13-7-10-17(22)19(24)25/h4-6,8-9,14,16-17,21H,3,7,10-13H2,1-2H3,(H,24,25)/t14-,16?,17-/m0/s1. The Morgan fingerprint density at radius 2 is 2.00 bits per heavy atom. The molecule has 1 aliphatic rings. The van der Waals surface area contributed by atoms with Crippen molar-refractivity contribution < 1.29 is 24.2 Å². The topological polar surface area (TPSA) is 95.9 Å². The average molecular weight is 376 g/mol. The van der Waals surface area contributed by atoms with E-state index in [0.717, 1.165) is 5.56 Å². The van der Waals surface area contributed by atoms with Gasteiger partial charge in [0.05, 0.1) is 12.6 Å². The van der Waals surface area contributed by atoms with E-state index in [2.05, 4.69) is 5.32 Å². The number of esters is 1. The van der Waals surface area contributed by atoms with E-state index < -0.39 is 30.1 Å². The van der Waals surface area contributed by atoms with Crippen molar-refractivity contribution in [2.24, 2.45) is 0 Å². The maximum absolute atomic E-state index is 12.7. The first-order valence-corrected chi connectivity index (χ1v) is 9.44. The first-order chi connectivity index (χ1) is 12.9. The van der Waals surface area contributed by atoms with Gasteiger partial charge in [-0.2, -0.15) is 0 Å². The van der Waals surface area contributed by atoms with Crippen molar-refractivity contribution in [3.63, 3.8) is 0 Å². The van der Waals surface area contributed by atoms with E-state index in [9.17, 15) is 19.5 Å². The largest absolute Gasteiger partial charge is 0.480 e. The summed E-state index contributed by atoms with van der Waals surface area (Å²) in [6.07, 6.45) is 2.29. The van der Waals surface area contributed by atoms with Crippen LogP contribution in [0.5, 0.6) is 0 Å².